The number of nitrogens with zero attached hydrogens (tertiary/aromatic N) is 2. The fourth-order valence-corrected chi connectivity index (χ4v) is 6.06. The van der Waals surface area contributed by atoms with Crippen LogP contribution in [0.2, 0.25) is 0 Å². The molecule has 2 aromatic carbocycles. The van der Waals surface area contributed by atoms with Crippen LogP contribution in [-0.2, 0) is 36.6 Å². The molecular weight excluding hydrogens is 480 g/mol. The van der Waals surface area contributed by atoms with Gasteiger partial charge in [-0.05, 0) is 77.9 Å². The number of allylic oxidation sites excluding steroid dienone is 2. The monoisotopic (exact) mass is 514 g/mol. The van der Waals surface area contributed by atoms with Crippen LogP contribution in [0.25, 0.3) is 11.6 Å². The zero-order valence-electron chi connectivity index (χ0n) is 22.2. The van der Waals surface area contributed by atoms with E-state index >= 15 is 0 Å². The van der Waals surface area contributed by atoms with E-state index in [1.165, 1.54) is 28.6 Å². The van der Waals surface area contributed by atoms with E-state index in [1.54, 1.807) is 6.08 Å². The van der Waals surface area contributed by atoms with Crippen molar-refractivity contribution in [2.24, 2.45) is 5.92 Å². The van der Waals surface area contributed by atoms with Gasteiger partial charge in [0.05, 0.1) is 25.2 Å². The topological polar surface area (TPSA) is 68.3 Å². The summed E-state index contributed by atoms with van der Waals surface area (Å²) in [6.07, 6.45) is 5.69. The fraction of sp³-hybridized carbons (Fsp3) is 0.419. The zero-order valence-corrected chi connectivity index (χ0v) is 22.2. The van der Waals surface area contributed by atoms with Crippen LogP contribution in [-0.4, -0.2) is 70.5 Å². The predicted molar refractivity (Wildman–Crippen MR) is 147 cm³/mol. The van der Waals surface area contributed by atoms with Gasteiger partial charge in [0, 0.05) is 44.6 Å². The Morgan fingerprint density at radius 3 is 2.37 bits per heavy atom. The normalized spacial score (nSPS) is 26.1. The summed E-state index contributed by atoms with van der Waals surface area (Å²) in [5.41, 5.74) is 7.99. The number of hydrogen-bond donors (Lipinski definition) is 0. The van der Waals surface area contributed by atoms with Gasteiger partial charge in [0.25, 0.3) is 0 Å². The summed E-state index contributed by atoms with van der Waals surface area (Å²) in [6, 6.07) is 12.6. The first-order valence-electron chi connectivity index (χ1n) is 13.4. The number of likely N-dealkylation sites (N-methyl/N-ethyl adjacent to an activating group) is 2. The van der Waals surface area contributed by atoms with Crippen molar-refractivity contribution >= 4 is 34.8 Å². The third-order valence-electron chi connectivity index (χ3n) is 8.31. The number of carbonyl (C=O) groups is 2. The second kappa shape index (κ2) is 10.0. The first-order chi connectivity index (χ1) is 18.4. The highest BCUT2D eigenvalue weighted by Gasteiger charge is 2.51. The highest BCUT2D eigenvalue weighted by atomic mass is 16.6. The number of ether oxygens (including phenoxy) is 3. The largest absolute Gasteiger partial charge is 0.454 e. The summed E-state index contributed by atoms with van der Waals surface area (Å²) >= 11 is 0. The number of fused-ring (bicyclic) bond motifs is 3. The summed E-state index contributed by atoms with van der Waals surface area (Å²) in [5, 5.41) is 0. The van der Waals surface area contributed by atoms with Gasteiger partial charge < -0.3 is 24.0 Å². The maximum absolute atomic E-state index is 13.0. The van der Waals surface area contributed by atoms with Crippen molar-refractivity contribution in [1.29, 1.82) is 0 Å². The number of hydrogen-bond acceptors (Lipinski definition) is 7. The minimum Gasteiger partial charge on any atom is -0.454 e. The van der Waals surface area contributed by atoms with Gasteiger partial charge in [-0.3, -0.25) is 4.79 Å². The summed E-state index contributed by atoms with van der Waals surface area (Å²) in [7, 11) is 4.19. The molecule has 7 nitrogen and oxygen atoms in total. The number of benzene rings is 2. The van der Waals surface area contributed by atoms with Crippen LogP contribution in [0.4, 0.5) is 11.4 Å². The molecule has 0 aromatic heterocycles. The Morgan fingerprint density at radius 2 is 1.61 bits per heavy atom. The third-order valence-corrected chi connectivity index (χ3v) is 8.31. The number of esters is 1. The molecule has 2 fully saturated rings. The van der Waals surface area contributed by atoms with Crippen LogP contribution in [0.1, 0.15) is 29.2 Å². The van der Waals surface area contributed by atoms with Crippen LogP contribution in [0, 0.1) is 5.92 Å². The molecule has 4 atom stereocenters. The van der Waals surface area contributed by atoms with E-state index in [-0.39, 0.29) is 19.0 Å². The Bertz CT molecular complexity index is 1330. The van der Waals surface area contributed by atoms with Crippen molar-refractivity contribution in [2.75, 3.05) is 50.2 Å². The lowest BCUT2D eigenvalue weighted by atomic mass is 9.96. The number of carbonyl (C=O) groups excluding carboxylic acids is 2. The third kappa shape index (κ3) is 4.65. The zero-order chi connectivity index (χ0) is 26.4. The average molecular weight is 515 g/mol. The molecule has 2 aromatic rings. The van der Waals surface area contributed by atoms with Crippen molar-refractivity contribution in [3.63, 3.8) is 0 Å². The lowest BCUT2D eigenvalue weighted by Crippen LogP contribution is -2.34. The molecule has 4 aliphatic rings. The van der Waals surface area contributed by atoms with E-state index in [4.69, 9.17) is 14.2 Å². The van der Waals surface area contributed by atoms with Crippen molar-refractivity contribution in [2.45, 2.75) is 38.1 Å². The molecule has 0 N–H and O–H groups in total. The van der Waals surface area contributed by atoms with Gasteiger partial charge in [-0.1, -0.05) is 18.2 Å². The molecule has 4 aliphatic heterocycles. The Hall–Kier alpha value is -3.42. The van der Waals surface area contributed by atoms with Crippen LogP contribution in [0.5, 0.6) is 0 Å². The van der Waals surface area contributed by atoms with Crippen molar-refractivity contribution in [1.82, 2.24) is 0 Å². The molecule has 4 heterocycles. The molecule has 0 bridgehead atoms. The quantitative estimate of drug-likeness (QED) is 0.430. The van der Waals surface area contributed by atoms with Gasteiger partial charge >= 0.3 is 5.97 Å². The SMILES string of the molecule is C/C(=C\C(=O)O[C@@H]1CO[C@H]2[C@@H]1OC[C@@H]2C(=O)/C=C/c1ccc2c(c1)CCN2C)c1ccc2c(c1)CCN2C. The molecule has 0 radical (unpaired) electrons. The first-order valence-corrected chi connectivity index (χ1v) is 13.4. The van der Waals surface area contributed by atoms with E-state index in [1.807, 2.05) is 25.1 Å². The lowest BCUT2D eigenvalue weighted by Gasteiger charge is -2.16. The van der Waals surface area contributed by atoms with Crippen LogP contribution in [0.3, 0.4) is 0 Å². The average Bonchev–Trinajstić information content (AvgIpc) is 3.68. The second-order valence-electron chi connectivity index (χ2n) is 10.8. The second-order valence-corrected chi connectivity index (χ2v) is 10.8. The van der Waals surface area contributed by atoms with Crippen LogP contribution < -0.4 is 9.80 Å². The van der Waals surface area contributed by atoms with Gasteiger partial charge in [0.2, 0.25) is 0 Å². The Balaban J connectivity index is 1.06. The standard InChI is InChI=1S/C31H34N2O5/c1-19(21-6-8-26-23(16-21)11-13-33(26)3)14-29(35)38-28-18-37-30-24(17-36-31(28)30)27(34)9-5-20-4-7-25-22(15-20)10-12-32(25)2/h4-9,14-16,24,28,30-31H,10-13,17-18H2,1-3H3/b9-5+,19-14+/t24-,28-,30-,31-/m1/s1. The van der Waals surface area contributed by atoms with Crippen LogP contribution in [0.15, 0.2) is 48.6 Å². The molecule has 0 spiro atoms. The minimum absolute atomic E-state index is 0.0277. The molecule has 0 saturated carbocycles. The summed E-state index contributed by atoms with van der Waals surface area (Å²) < 4.78 is 17.6. The number of rotatable bonds is 6. The smallest absolute Gasteiger partial charge is 0.331 e. The Morgan fingerprint density at radius 1 is 0.921 bits per heavy atom. The van der Waals surface area contributed by atoms with Gasteiger partial charge in [0.15, 0.2) is 11.9 Å². The summed E-state index contributed by atoms with van der Waals surface area (Å²) in [6.45, 7) is 4.44. The maximum atomic E-state index is 13.0. The van der Waals surface area contributed by atoms with E-state index in [0.717, 1.165) is 42.6 Å². The lowest BCUT2D eigenvalue weighted by molar-refractivity contribution is -0.147. The van der Waals surface area contributed by atoms with Crippen molar-refractivity contribution in [3.05, 3.63) is 70.8 Å². The predicted octanol–water partition coefficient (Wildman–Crippen LogP) is 3.68. The first kappa shape index (κ1) is 24.9. The molecule has 7 heteroatoms. The van der Waals surface area contributed by atoms with Gasteiger partial charge in [-0.15, -0.1) is 0 Å². The maximum Gasteiger partial charge on any atom is 0.331 e. The van der Waals surface area contributed by atoms with Gasteiger partial charge in [-0.2, -0.15) is 0 Å². The molecule has 198 valence electrons. The summed E-state index contributed by atoms with van der Waals surface area (Å²) in [4.78, 5) is 30.2. The van der Waals surface area contributed by atoms with E-state index < -0.39 is 30.2 Å². The summed E-state index contributed by atoms with van der Waals surface area (Å²) in [5.74, 6) is -0.850. The van der Waals surface area contributed by atoms with Gasteiger partial charge in [0.1, 0.15) is 6.10 Å². The minimum atomic E-state index is -0.527. The van der Waals surface area contributed by atoms with Crippen molar-refractivity contribution < 1.29 is 23.8 Å². The highest BCUT2D eigenvalue weighted by molar-refractivity contribution is 5.96. The highest BCUT2D eigenvalue weighted by Crippen LogP contribution is 2.34. The molecule has 0 aliphatic carbocycles. The van der Waals surface area contributed by atoms with Crippen molar-refractivity contribution in [3.8, 4) is 0 Å². The molecule has 0 unspecified atom stereocenters. The molecular formula is C31H34N2O5. The molecule has 6 rings (SSSR count). The number of ketones is 1. The molecule has 38 heavy (non-hydrogen) atoms. The number of anilines is 2. The molecule has 0 amide bonds. The van der Waals surface area contributed by atoms with Gasteiger partial charge in [-0.25, -0.2) is 4.79 Å². The van der Waals surface area contributed by atoms with E-state index in [9.17, 15) is 9.59 Å². The Kier molecular flexibility index (Phi) is 6.58. The van der Waals surface area contributed by atoms with E-state index in [2.05, 4.69) is 48.2 Å². The van der Waals surface area contributed by atoms with E-state index in [0.29, 0.717) is 0 Å². The fourth-order valence-electron chi connectivity index (χ4n) is 6.06. The van der Waals surface area contributed by atoms with Crippen LogP contribution >= 0.6 is 0 Å². The Labute approximate surface area is 223 Å². The molecule has 2 saturated heterocycles.